The van der Waals surface area contributed by atoms with E-state index in [1.165, 1.54) is 13.1 Å². The molecule has 5 nitrogen and oxygen atoms in total. The van der Waals surface area contributed by atoms with Crippen molar-refractivity contribution in [2.75, 3.05) is 7.05 Å². The van der Waals surface area contributed by atoms with Gasteiger partial charge in [0.15, 0.2) is 11.6 Å². The maximum Gasteiger partial charge on any atom is 0.255 e. The molecule has 1 atom stereocenters. The fraction of sp³-hybridized carbons (Fsp3) is 0.250. The quantitative estimate of drug-likeness (QED) is 0.792. The van der Waals surface area contributed by atoms with Crippen molar-refractivity contribution in [2.45, 2.75) is 12.5 Å². The first-order valence-corrected chi connectivity index (χ1v) is 5.47. The van der Waals surface area contributed by atoms with Gasteiger partial charge in [0.25, 0.3) is 11.8 Å². The lowest BCUT2D eigenvalue weighted by molar-refractivity contribution is -0.137. The zero-order valence-electron chi connectivity index (χ0n) is 9.94. The number of amides is 3. The number of likely N-dealkylation sites (N-methyl/N-ethyl adjacent to an activating group) is 1. The van der Waals surface area contributed by atoms with Crippen LogP contribution < -0.4 is 5.32 Å². The Kier molecular flexibility index (Phi) is 3.28. The van der Waals surface area contributed by atoms with E-state index in [1.807, 2.05) is 0 Å². The molecule has 3 amide bonds. The van der Waals surface area contributed by atoms with Crippen LogP contribution in [0, 0.1) is 11.6 Å². The molecule has 0 saturated carbocycles. The number of likely N-dealkylation sites (tertiary alicyclic amines) is 1. The summed E-state index contributed by atoms with van der Waals surface area (Å²) in [6.45, 7) is 0. The van der Waals surface area contributed by atoms with Gasteiger partial charge in [-0.3, -0.25) is 19.3 Å². The van der Waals surface area contributed by atoms with Gasteiger partial charge in [0.2, 0.25) is 5.91 Å². The standard InChI is InChI=1S/C12H10F2N2O3/c1-16-9(17)5-8(12(16)19)15-11(18)6-3-2-4-7(13)10(6)14/h2-4,8H,5H2,1H3,(H,15,18). The van der Waals surface area contributed by atoms with Crippen LogP contribution >= 0.6 is 0 Å². The summed E-state index contributed by atoms with van der Waals surface area (Å²) in [7, 11) is 1.29. The summed E-state index contributed by atoms with van der Waals surface area (Å²) in [5, 5.41) is 2.22. The van der Waals surface area contributed by atoms with Gasteiger partial charge in [-0.1, -0.05) is 6.07 Å². The normalized spacial score (nSPS) is 18.9. The predicted molar refractivity (Wildman–Crippen MR) is 60.0 cm³/mol. The van der Waals surface area contributed by atoms with Gasteiger partial charge < -0.3 is 5.32 Å². The van der Waals surface area contributed by atoms with Crippen molar-refractivity contribution < 1.29 is 23.2 Å². The monoisotopic (exact) mass is 268 g/mol. The highest BCUT2D eigenvalue weighted by atomic mass is 19.2. The van der Waals surface area contributed by atoms with Gasteiger partial charge in [0.1, 0.15) is 6.04 Å². The lowest BCUT2D eigenvalue weighted by atomic mass is 10.1. The Morgan fingerprint density at radius 1 is 1.37 bits per heavy atom. The average Bonchev–Trinajstić information content (AvgIpc) is 2.60. The first-order valence-electron chi connectivity index (χ1n) is 5.47. The molecule has 1 fully saturated rings. The van der Waals surface area contributed by atoms with Gasteiger partial charge >= 0.3 is 0 Å². The van der Waals surface area contributed by atoms with Crippen LogP contribution in [0.2, 0.25) is 0 Å². The maximum absolute atomic E-state index is 13.4. The summed E-state index contributed by atoms with van der Waals surface area (Å²) >= 11 is 0. The first-order chi connectivity index (χ1) is 8.91. The summed E-state index contributed by atoms with van der Waals surface area (Å²) in [6, 6.07) is 2.12. The van der Waals surface area contributed by atoms with Gasteiger partial charge in [0.05, 0.1) is 12.0 Å². The number of benzene rings is 1. The largest absolute Gasteiger partial charge is 0.340 e. The Morgan fingerprint density at radius 3 is 2.63 bits per heavy atom. The number of halogens is 2. The highest BCUT2D eigenvalue weighted by molar-refractivity contribution is 6.08. The van der Waals surface area contributed by atoms with Gasteiger partial charge in [-0.25, -0.2) is 8.78 Å². The SMILES string of the molecule is CN1C(=O)CC(NC(=O)c2cccc(F)c2F)C1=O. The molecule has 1 heterocycles. The predicted octanol–water partition coefficient (Wildman–Crippen LogP) is 0.452. The number of imide groups is 1. The van der Waals surface area contributed by atoms with Crippen molar-refractivity contribution in [3.8, 4) is 0 Å². The van der Waals surface area contributed by atoms with E-state index in [0.717, 1.165) is 17.0 Å². The summed E-state index contributed by atoms with van der Waals surface area (Å²) in [5.41, 5.74) is -0.505. The van der Waals surface area contributed by atoms with E-state index in [0.29, 0.717) is 0 Å². The number of nitrogens with zero attached hydrogens (tertiary/aromatic N) is 1. The van der Waals surface area contributed by atoms with Crippen LogP contribution in [-0.2, 0) is 9.59 Å². The molecule has 1 saturated heterocycles. The van der Waals surface area contributed by atoms with Gasteiger partial charge in [-0.2, -0.15) is 0 Å². The summed E-state index contributed by atoms with van der Waals surface area (Å²) in [5.74, 6) is -4.38. The smallest absolute Gasteiger partial charge is 0.255 e. The van der Waals surface area contributed by atoms with Crippen LogP contribution in [0.4, 0.5) is 8.78 Å². The molecule has 1 aliphatic heterocycles. The molecule has 2 rings (SSSR count). The Hall–Kier alpha value is -2.31. The molecular weight excluding hydrogens is 258 g/mol. The van der Waals surface area contributed by atoms with Gasteiger partial charge in [0, 0.05) is 7.05 Å². The lowest BCUT2D eigenvalue weighted by Gasteiger charge is -2.11. The van der Waals surface area contributed by atoms with E-state index in [1.54, 1.807) is 0 Å². The number of hydrogen-bond acceptors (Lipinski definition) is 3. The number of rotatable bonds is 2. The molecule has 100 valence electrons. The second-order valence-corrected chi connectivity index (χ2v) is 4.12. The van der Waals surface area contributed by atoms with E-state index in [-0.39, 0.29) is 6.42 Å². The van der Waals surface area contributed by atoms with E-state index < -0.39 is 41.0 Å². The van der Waals surface area contributed by atoms with Crippen LogP contribution in [0.3, 0.4) is 0 Å². The summed E-state index contributed by atoms with van der Waals surface area (Å²) < 4.78 is 26.3. The minimum absolute atomic E-state index is 0.183. The van der Waals surface area contributed by atoms with E-state index >= 15 is 0 Å². The molecule has 0 radical (unpaired) electrons. The van der Waals surface area contributed by atoms with Gasteiger partial charge in [-0.15, -0.1) is 0 Å². The third-order valence-corrected chi connectivity index (χ3v) is 2.88. The maximum atomic E-state index is 13.4. The Bertz CT molecular complexity index is 574. The van der Waals surface area contributed by atoms with E-state index in [4.69, 9.17) is 0 Å². The summed E-state index contributed by atoms with van der Waals surface area (Å²) in [6.07, 6.45) is -0.183. The van der Waals surface area contributed by atoms with Crippen molar-refractivity contribution in [1.29, 1.82) is 0 Å². The number of carbonyl (C=O) groups excluding carboxylic acids is 3. The zero-order chi connectivity index (χ0) is 14.2. The van der Waals surface area contributed by atoms with Crippen LogP contribution in [0.25, 0.3) is 0 Å². The number of hydrogen-bond donors (Lipinski definition) is 1. The average molecular weight is 268 g/mol. The molecule has 1 N–H and O–H groups in total. The molecule has 0 bridgehead atoms. The first kappa shape index (κ1) is 13.1. The minimum Gasteiger partial charge on any atom is -0.340 e. The molecule has 19 heavy (non-hydrogen) atoms. The summed E-state index contributed by atoms with van der Waals surface area (Å²) in [4.78, 5) is 35.4. The highest BCUT2D eigenvalue weighted by Gasteiger charge is 2.37. The van der Waals surface area contributed by atoms with Crippen molar-refractivity contribution in [2.24, 2.45) is 0 Å². The van der Waals surface area contributed by atoms with Crippen molar-refractivity contribution in [1.82, 2.24) is 10.2 Å². The highest BCUT2D eigenvalue weighted by Crippen LogP contribution is 2.14. The number of nitrogens with one attached hydrogen (secondary N) is 1. The fourth-order valence-electron chi connectivity index (χ4n) is 1.78. The van der Waals surface area contributed by atoms with Crippen LogP contribution in [-0.4, -0.2) is 35.7 Å². The Balaban J connectivity index is 2.16. The van der Waals surface area contributed by atoms with Crippen LogP contribution in [0.1, 0.15) is 16.8 Å². The van der Waals surface area contributed by atoms with Crippen molar-refractivity contribution in [3.63, 3.8) is 0 Å². The Morgan fingerprint density at radius 2 is 2.05 bits per heavy atom. The van der Waals surface area contributed by atoms with Crippen molar-refractivity contribution >= 4 is 17.7 Å². The lowest BCUT2D eigenvalue weighted by Crippen LogP contribution is -2.41. The third kappa shape index (κ3) is 2.31. The van der Waals surface area contributed by atoms with Crippen LogP contribution in [0.15, 0.2) is 18.2 Å². The molecule has 0 aliphatic carbocycles. The fourth-order valence-corrected chi connectivity index (χ4v) is 1.78. The molecule has 1 aromatic carbocycles. The van der Waals surface area contributed by atoms with E-state index in [9.17, 15) is 23.2 Å². The van der Waals surface area contributed by atoms with Gasteiger partial charge in [-0.05, 0) is 12.1 Å². The number of carbonyl (C=O) groups is 3. The topological polar surface area (TPSA) is 66.5 Å². The Labute approximate surface area is 107 Å². The molecule has 1 aliphatic rings. The second-order valence-electron chi connectivity index (χ2n) is 4.12. The minimum atomic E-state index is -1.29. The molecule has 1 unspecified atom stereocenters. The molecular formula is C12H10F2N2O3. The molecule has 0 aromatic heterocycles. The third-order valence-electron chi connectivity index (χ3n) is 2.88. The van der Waals surface area contributed by atoms with E-state index in [2.05, 4.69) is 5.32 Å². The zero-order valence-corrected chi connectivity index (χ0v) is 9.94. The van der Waals surface area contributed by atoms with Crippen molar-refractivity contribution in [3.05, 3.63) is 35.4 Å². The second kappa shape index (κ2) is 4.75. The molecule has 1 aromatic rings. The molecule has 7 heteroatoms. The van der Waals surface area contributed by atoms with Crippen LogP contribution in [0.5, 0.6) is 0 Å². The molecule has 0 spiro atoms.